The molecule has 0 aromatic carbocycles. The van der Waals surface area contributed by atoms with Crippen molar-refractivity contribution in [1.29, 1.82) is 0 Å². The fourth-order valence-electron chi connectivity index (χ4n) is 1.91. The van der Waals surface area contributed by atoms with Gasteiger partial charge in [0.2, 0.25) is 15.9 Å². The van der Waals surface area contributed by atoms with E-state index in [-0.39, 0.29) is 29.4 Å². The summed E-state index contributed by atoms with van der Waals surface area (Å²) in [7, 11) is -3.49. The first-order valence-corrected chi connectivity index (χ1v) is 8.01. The summed E-state index contributed by atoms with van der Waals surface area (Å²) in [6.45, 7) is 6.11. The lowest BCUT2D eigenvalue weighted by Crippen LogP contribution is -2.36. The van der Waals surface area contributed by atoms with Crippen molar-refractivity contribution in [2.75, 3.05) is 18.2 Å². The highest BCUT2D eigenvalue weighted by Gasteiger charge is 2.38. The van der Waals surface area contributed by atoms with E-state index in [2.05, 4.69) is 0 Å². The predicted octanol–water partition coefficient (Wildman–Crippen LogP) is 1.70. The van der Waals surface area contributed by atoms with Crippen molar-refractivity contribution in [1.82, 2.24) is 4.31 Å². The number of amides is 1. The Morgan fingerprint density at radius 2 is 2.00 bits per heavy atom. The molecule has 1 heterocycles. The molecule has 0 aromatic rings. The van der Waals surface area contributed by atoms with E-state index >= 15 is 0 Å². The SMILES string of the molecule is CC(CCl)CS(=O)(=O)N1CC(C(C)C)CC1=O. The number of sulfonamides is 1. The Labute approximate surface area is 108 Å². The van der Waals surface area contributed by atoms with Crippen LogP contribution in [0.1, 0.15) is 27.2 Å². The molecular formula is C11H20ClNO3S. The molecule has 0 N–H and O–H groups in total. The zero-order valence-corrected chi connectivity index (χ0v) is 12.1. The first-order valence-electron chi connectivity index (χ1n) is 5.87. The molecule has 2 unspecified atom stereocenters. The standard InChI is InChI=1S/C11H20ClNO3S/c1-8(2)10-4-11(14)13(6-10)17(15,16)7-9(3)5-12/h8-10H,4-7H2,1-3H3. The largest absolute Gasteiger partial charge is 0.274 e. The zero-order chi connectivity index (χ0) is 13.2. The molecule has 0 aromatic heterocycles. The predicted molar refractivity (Wildman–Crippen MR) is 68.3 cm³/mol. The van der Waals surface area contributed by atoms with E-state index in [4.69, 9.17) is 11.6 Å². The number of carbonyl (C=O) groups is 1. The monoisotopic (exact) mass is 281 g/mol. The van der Waals surface area contributed by atoms with Crippen LogP contribution in [0, 0.1) is 17.8 Å². The van der Waals surface area contributed by atoms with Gasteiger partial charge >= 0.3 is 0 Å². The molecule has 1 fully saturated rings. The van der Waals surface area contributed by atoms with Crippen molar-refractivity contribution >= 4 is 27.5 Å². The molecule has 6 heteroatoms. The molecule has 0 aliphatic carbocycles. The average molecular weight is 282 g/mol. The molecule has 1 saturated heterocycles. The fraction of sp³-hybridized carbons (Fsp3) is 0.909. The van der Waals surface area contributed by atoms with Crippen molar-refractivity contribution in [3.8, 4) is 0 Å². The van der Waals surface area contributed by atoms with Crippen LogP contribution in [0.15, 0.2) is 0 Å². The molecule has 2 atom stereocenters. The molecule has 17 heavy (non-hydrogen) atoms. The summed E-state index contributed by atoms with van der Waals surface area (Å²) in [5.41, 5.74) is 0. The van der Waals surface area contributed by atoms with Crippen LogP contribution >= 0.6 is 11.6 Å². The first-order chi connectivity index (χ1) is 7.77. The Bertz CT molecular complexity index is 380. The van der Waals surface area contributed by atoms with Gasteiger partial charge in [0, 0.05) is 18.8 Å². The molecule has 1 aliphatic heterocycles. The van der Waals surface area contributed by atoms with E-state index in [1.54, 1.807) is 6.92 Å². The highest BCUT2D eigenvalue weighted by molar-refractivity contribution is 7.89. The maximum Gasteiger partial charge on any atom is 0.237 e. The second kappa shape index (κ2) is 5.57. The van der Waals surface area contributed by atoms with Crippen LogP contribution in [0.3, 0.4) is 0 Å². The second-order valence-electron chi connectivity index (χ2n) is 5.17. The van der Waals surface area contributed by atoms with Gasteiger partial charge in [0.05, 0.1) is 5.75 Å². The summed E-state index contributed by atoms with van der Waals surface area (Å²) in [5, 5.41) is 0. The van der Waals surface area contributed by atoms with Crippen LogP contribution in [0.2, 0.25) is 0 Å². The van der Waals surface area contributed by atoms with Gasteiger partial charge in [-0.25, -0.2) is 12.7 Å². The number of nitrogens with zero attached hydrogens (tertiary/aromatic N) is 1. The molecule has 1 rings (SSSR count). The van der Waals surface area contributed by atoms with Gasteiger partial charge < -0.3 is 0 Å². The summed E-state index contributed by atoms with van der Waals surface area (Å²) in [4.78, 5) is 11.7. The molecule has 0 radical (unpaired) electrons. The third kappa shape index (κ3) is 3.58. The maximum absolute atomic E-state index is 12.0. The minimum absolute atomic E-state index is 0.0486. The second-order valence-corrected chi connectivity index (χ2v) is 7.42. The maximum atomic E-state index is 12.0. The molecule has 0 bridgehead atoms. The van der Waals surface area contributed by atoms with Gasteiger partial charge in [-0.3, -0.25) is 4.79 Å². The van der Waals surface area contributed by atoms with Crippen molar-refractivity contribution in [3.05, 3.63) is 0 Å². The lowest BCUT2D eigenvalue weighted by Gasteiger charge is -2.19. The van der Waals surface area contributed by atoms with Gasteiger partial charge in [-0.2, -0.15) is 0 Å². The van der Waals surface area contributed by atoms with Crippen LogP contribution < -0.4 is 0 Å². The van der Waals surface area contributed by atoms with Crippen LogP contribution in [-0.4, -0.2) is 36.8 Å². The highest BCUT2D eigenvalue weighted by Crippen LogP contribution is 2.27. The Balaban J connectivity index is 2.76. The molecular weight excluding hydrogens is 262 g/mol. The van der Waals surface area contributed by atoms with Crippen molar-refractivity contribution in [2.45, 2.75) is 27.2 Å². The molecule has 1 amide bonds. The third-order valence-electron chi connectivity index (χ3n) is 3.15. The smallest absolute Gasteiger partial charge is 0.237 e. The lowest BCUT2D eigenvalue weighted by atomic mass is 9.95. The highest BCUT2D eigenvalue weighted by atomic mass is 35.5. The minimum atomic E-state index is -3.49. The third-order valence-corrected chi connectivity index (χ3v) is 5.69. The Hall–Kier alpha value is -0.290. The van der Waals surface area contributed by atoms with E-state index in [1.165, 1.54) is 0 Å². The van der Waals surface area contributed by atoms with E-state index in [0.29, 0.717) is 18.9 Å². The van der Waals surface area contributed by atoms with Crippen LogP contribution in [0.4, 0.5) is 0 Å². The number of rotatable bonds is 5. The van der Waals surface area contributed by atoms with Crippen LogP contribution in [0.25, 0.3) is 0 Å². The Kier molecular flexibility index (Phi) is 4.84. The van der Waals surface area contributed by atoms with Gasteiger partial charge in [0.15, 0.2) is 0 Å². The molecule has 1 aliphatic rings. The number of hydrogen-bond donors (Lipinski definition) is 0. The Morgan fingerprint density at radius 3 is 2.41 bits per heavy atom. The Morgan fingerprint density at radius 1 is 1.41 bits per heavy atom. The van der Waals surface area contributed by atoms with Crippen molar-refractivity contribution in [3.63, 3.8) is 0 Å². The summed E-state index contributed by atoms with van der Waals surface area (Å²) in [6, 6.07) is 0. The minimum Gasteiger partial charge on any atom is -0.274 e. The van der Waals surface area contributed by atoms with Gasteiger partial charge in [0.25, 0.3) is 0 Å². The van der Waals surface area contributed by atoms with E-state index in [9.17, 15) is 13.2 Å². The van der Waals surface area contributed by atoms with Gasteiger partial charge in [0.1, 0.15) is 0 Å². The molecule has 4 nitrogen and oxygen atoms in total. The molecule has 0 saturated carbocycles. The molecule has 0 spiro atoms. The summed E-state index contributed by atoms with van der Waals surface area (Å²) in [5.74, 6) is 0.299. The van der Waals surface area contributed by atoms with E-state index < -0.39 is 10.0 Å². The summed E-state index contributed by atoms with van der Waals surface area (Å²) >= 11 is 5.61. The van der Waals surface area contributed by atoms with Crippen molar-refractivity contribution in [2.24, 2.45) is 17.8 Å². The van der Waals surface area contributed by atoms with Gasteiger partial charge in [-0.05, 0) is 17.8 Å². The summed E-state index contributed by atoms with van der Waals surface area (Å²) in [6.07, 6.45) is 0.339. The number of alkyl halides is 1. The summed E-state index contributed by atoms with van der Waals surface area (Å²) < 4.78 is 25.1. The topological polar surface area (TPSA) is 54.5 Å². The quantitative estimate of drug-likeness (QED) is 0.721. The average Bonchev–Trinajstić information content (AvgIpc) is 2.60. The first kappa shape index (κ1) is 14.8. The van der Waals surface area contributed by atoms with Crippen LogP contribution in [0.5, 0.6) is 0 Å². The number of carbonyl (C=O) groups excluding carboxylic acids is 1. The van der Waals surface area contributed by atoms with E-state index in [1.807, 2.05) is 13.8 Å². The van der Waals surface area contributed by atoms with Gasteiger partial charge in [-0.1, -0.05) is 20.8 Å². The van der Waals surface area contributed by atoms with Crippen molar-refractivity contribution < 1.29 is 13.2 Å². The van der Waals surface area contributed by atoms with Crippen LogP contribution in [-0.2, 0) is 14.8 Å². The zero-order valence-electron chi connectivity index (χ0n) is 10.5. The van der Waals surface area contributed by atoms with E-state index in [0.717, 1.165) is 4.31 Å². The lowest BCUT2D eigenvalue weighted by molar-refractivity contribution is -0.123. The normalized spacial score (nSPS) is 23.5. The number of hydrogen-bond acceptors (Lipinski definition) is 3. The van der Waals surface area contributed by atoms with Gasteiger partial charge in [-0.15, -0.1) is 11.6 Å². The molecule has 100 valence electrons. The number of halogens is 1. The fourth-order valence-corrected chi connectivity index (χ4v) is 3.97.